The first-order valence-electron chi connectivity index (χ1n) is 7.59. The van der Waals surface area contributed by atoms with Gasteiger partial charge < -0.3 is 15.4 Å². The smallest absolute Gasteiger partial charge is 0.330 e. The predicted octanol–water partition coefficient (Wildman–Crippen LogP) is 1.40. The predicted molar refractivity (Wildman–Crippen MR) is 84.7 cm³/mol. The van der Waals surface area contributed by atoms with Crippen molar-refractivity contribution in [1.82, 2.24) is 10.6 Å². The monoisotopic (exact) mass is 326 g/mol. The summed E-state index contributed by atoms with van der Waals surface area (Å²) in [6.45, 7) is 3.42. The van der Waals surface area contributed by atoms with Crippen LogP contribution >= 0.6 is 11.8 Å². The maximum absolute atomic E-state index is 11.6. The van der Waals surface area contributed by atoms with E-state index in [1.807, 2.05) is 11.8 Å². The number of unbranched alkanes of at least 4 members (excludes halogenated alkanes) is 1. The molecular formula is C15H22N2O4S. The van der Waals surface area contributed by atoms with E-state index in [2.05, 4.69) is 17.2 Å². The van der Waals surface area contributed by atoms with Crippen LogP contribution < -0.4 is 10.6 Å². The fourth-order valence-corrected chi connectivity index (χ4v) is 4.30. The molecule has 0 aliphatic carbocycles. The summed E-state index contributed by atoms with van der Waals surface area (Å²) in [6, 6.07) is 0.416. The molecule has 0 radical (unpaired) electrons. The lowest BCUT2D eigenvalue weighted by Crippen LogP contribution is -2.36. The molecule has 2 aliphatic rings. The molecule has 0 aromatic heterocycles. The standard InChI is InChI=1S/C15H22N2O4S/c1-2-13(19)21-8-7-10(18)5-3-4-6-12-14-11(9-22-12)16-15(20)17-14/h2,11-12,14H,1,3-9H2,(H2,16,17,20)/t11-,12-,14-/m0/s1. The number of esters is 1. The Morgan fingerprint density at radius 2 is 2.14 bits per heavy atom. The van der Waals surface area contributed by atoms with Crippen molar-refractivity contribution < 1.29 is 19.1 Å². The Hall–Kier alpha value is -1.50. The van der Waals surface area contributed by atoms with Crippen molar-refractivity contribution in [3.63, 3.8) is 0 Å². The largest absolute Gasteiger partial charge is 0.462 e. The molecule has 2 saturated heterocycles. The van der Waals surface area contributed by atoms with Gasteiger partial charge in [-0.25, -0.2) is 9.59 Å². The van der Waals surface area contributed by atoms with Crippen LogP contribution in [0.4, 0.5) is 4.79 Å². The Morgan fingerprint density at radius 1 is 1.32 bits per heavy atom. The zero-order chi connectivity index (χ0) is 15.9. The first-order chi connectivity index (χ1) is 10.6. The summed E-state index contributed by atoms with van der Waals surface area (Å²) >= 11 is 1.89. The van der Waals surface area contributed by atoms with E-state index in [4.69, 9.17) is 4.74 Å². The van der Waals surface area contributed by atoms with Crippen LogP contribution in [0, 0.1) is 0 Å². The number of fused-ring (bicyclic) bond motifs is 1. The highest BCUT2D eigenvalue weighted by molar-refractivity contribution is 8.00. The molecule has 0 bridgehead atoms. The molecule has 2 aliphatic heterocycles. The number of carbonyl (C=O) groups is 3. The first-order valence-corrected chi connectivity index (χ1v) is 8.64. The lowest BCUT2D eigenvalue weighted by atomic mass is 10.0. The molecule has 22 heavy (non-hydrogen) atoms. The average molecular weight is 326 g/mol. The fraction of sp³-hybridized carbons (Fsp3) is 0.667. The van der Waals surface area contributed by atoms with Gasteiger partial charge >= 0.3 is 12.0 Å². The number of amides is 2. The molecule has 2 amide bonds. The fourth-order valence-electron chi connectivity index (χ4n) is 2.76. The van der Waals surface area contributed by atoms with Gasteiger partial charge in [-0.1, -0.05) is 13.0 Å². The minimum atomic E-state index is -0.493. The number of Topliss-reactive ketones (excluding diaryl/α,β-unsaturated/α-hetero) is 1. The molecule has 0 aromatic rings. The number of ketones is 1. The van der Waals surface area contributed by atoms with Crippen molar-refractivity contribution >= 4 is 29.5 Å². The number of hydrogen-bond acceptors (Lipinski definition) is 5. The van der Waals surface area contributed by atoms with E-state index in [9.17, 15) is 14.4 Å². The second kappa shape index (κ2) is 8.22. The summed E-state index contributed by atoms with van der Waals surface area (Å²) in [4.78, 5) is 33.7. The van der Waals surface area contributed by atoms with E-state index < -0.39 is 5.97 Å². The van der Waals surface area contributed by atoms with Crippen LogP contribution in [0.3, 0.4) is 0 Å². The van der Waals surface area contributed by atoms with Gasteiger partial charge in [-0.2, -0.15) is 11.8 Å². The number of nitrogens with one attached hydrogen (secondary N) is 2. The third-order valence-electron chi connectivity index (χ3n) is 3.92. The first kappa shape index (κ1) is 16.9. The van der Waals surface area contributed by atoms with E-state index in [0.717, 1.165) is 31.1 Å². The minimum absolute atomic E-state index is 0.0652. The SMILES string of the molecule is C=CC(=O)OCCC(=O)CCCC[C@@H]1SC[C@@H]2NC(=O)N[C@@H]21. The average Bonchev–Trinajstić information content (AvgIpc) is 3.03. The van der Waals surface area contributed by atoms with Crippen LogP contribution in [0.15, 0.2) is 12.7 Å². The Morgan fingerprint density at radius 3 is 2.91 bits per heavy atom. The number of rotatable bonds is 9. The number of ether oxygens (including phenoxy) is 1. The van der Waals surface area contributed by atoms with Gasteiger partial charge in [0, 0.05) is 29.9 Å². The number of urea groups is 1. The highest BCUT2D eigenvalue weighted by Gasteiger charge is 2.42. The maximum Gasteiger partial charge on any atom is 0.330 e. The normalized spacial score (nSPS) is 26.0. The summed E-state index contributed by atoms with van der Waals surface area (Å²) in [5.41, 5.74) is 0. The highest BCUT2D eigenvalue weighted by atomic mass is 32.2. The molecular weight excluding hydrogens is 304 g/mol. The van der Waals surface area contributed by atoms with Crippen LogP contribution in [0.25, 0.3) is 0 Å². The number of thioether (sulfide) groups is 1. The third-order valence-corrected chi connectivity index (χ3v) is 5.43. The highest BCUT2D eigenvalue weighted by Crippen LogP contribution is 2.33. The Balaban J connectivity index is 1.54. The van der Waals surface area contributed by atoms with E-state index in [0.29, 0.717) is 11.7 Å². The summed E-state index contributed by atoms with van der Waals surface area (Å²) < 4.78 is 4.78. The van der Waals surface area contributed by atoms with E-state index in [1.54, 1.807) is 0 Å². The zero-order valence-electron chi connectivity index (χ0n) is 12.5. The summed E-state index contributed by atoms with van der Waals surface area (Å²) in [6.07, 6.45) is 4.68. The molecule has 0 unspecified atom stereocenters. The molecule has 122 valence electrons. The lowest BCUT2D eigenvalue weighted by Gasteiger charge is -2.16. The maximum atomic E-state index is 11.6. The Bertz CT molecular complexity index is 455. The lowest BCUT2D eigenvalue weighted by molar-refractivity contribution is -0.138. The van der Waals surface area contributed by atoms with Gasteiger partial charge in [0.2, 0.25) is 0 Å². The van der Waals surface area contributed by atoms with Crippen molar-refractivity contribution in [1.29, 1.82) is 0 Å². The summed E-state index contributed by atoms with van der Waals surface area (Å²) in [7, 11) is 0. The summed E-state index contributed by atoms with van der Waals surface area (Å²) in [5.74, 6) is 0.583. The Labute approximate surface area is 134 Å². The number of carbonyl (C=O) groups excluding carboxylic acids is 3. The van der Waals surface area contributed by atoms with Crippen LogP contribution in [0.2, 0.25) is 0 Å². The van der Waals surface area contributed by atoms with Gasteiger partial charge in [0.05, 0.1) is 18.7 Å². The van der Waals surface area contributed by atoms with Crippen molar-refractivity contribution in [2.75, 3.05) is 12.4 Å². The molecule has 0 aromatic carbocycles. The molecule has 0 spiro atoms. The van der Waals surface area contributed by atoms with Crippen LogP contribution in [0.5, 0.6) is 0 Å². The zero-order valence-corrected chi connectivity index (χ0v) is 13.3. The van der Waals surface area contributed by atoms with Gasteiger partial charge in [-0.3, -0.25) is 4.79 Å². The van der Waals surface area contributed by atoms with E-state index in [-0.39, 0.29) is 36.9 Å². The molecule has 2 heterocycles. The van der Waals surface area contributed by atoms with Crippen molar-refractivity contribution in [3.05, 3.63) is 12.7 Å². The van der Waals surface area contributed by atoms with Crippen LogP contribution in [-0.2, 0) is 14.3 Å². The van der Waals surface area contributed by atoms with Gasteiger partial charge in [0.15, 0.2) is 0 Å². The van der Waals surface area contributed by atoms with Crippen LogP contribution in [0.1, 0.15) is 32.1 Å². The van der Waals surface area contributed by atoms with E-state index >= 15 is 0 Å². The van der Waals surface area contributed by atoms with Crippen molar-refractivity contribution in [2.24, 2.45) is 0 Å². The topological polar surface area (TPSA) is 84.5 Å². The van der Waals surface area contributed by atoms with E-state index in [1.165, 1.54) is 0 Å². The molecule has 0 saturated carbocycles. The quantitative estimate of drug-likeness (QED) is 0.290. The van der Waals surface area contributed by atoms with Gasteiger partial charge in [0.1, 0.15) is 5.78 Å². The second-order valence-corrected chi connectivity index (χ2v) is 6.80. The third kappa shape index (κ3) is 4.76. The van der Waals surface area contributed by atoms with Crippen LogP contribution in [-0.4, -0.2) is 47.5 Å². The van der Waals surface area contributed by atoms with Gasteiger partial charge in [-0.15, -0.1) is 0 Å². The summed E-state index contributed by atoms with van der Waals surface area (Å²) in [5, 5.41) is 6.32. The molecule has 2 fully saturated rings. The van der Waals surface area contributed by atoms with Gasteiger partial charge in [-0.05, 0) is 12.8 Å². The Kier molecular flexibility index (Phi) is 6.30. The van der Waals surface area contributed by atoms with Crippen molar-refractivity contribution in [2.45, 2.75) is 49.4 Å². The molecule has 3 atom stereocenters. The van der Waals surface area contributed by atoms with Gasteiger partial charge in [0.25, 0.3) is 0 Å². The minimum Gasteiger partial charge on any atom is -0.462 e. The molecule has 7 heteroatoms. The number of hydrogen-bond donors (Lipinski definition) is 2. The van der Waals surface area contributed by atoms with Crippen molar-refractivity contribution in [3.8, 4) is 0 Å². The molecule has 2 rings (SSSR count). The molecule has 2 N–H and O–H groups in total. The second-order valence-electron chi connectivity index (χ2n) is 5.53. The molecule has 6 nitrogen and oxygen atoms in total.